The lowest BCUT2D eigenvalue weighted by atomic mass is 10.0. The molecule has 42 heavy (non-hydrogen) atoms. The predicted octanol–water partition coefficient (Wildman–Crippen LogP) is 6.62. The average Bonchev–Trinajstić information content (AvgIpc) is 3.76. The molecule has 3 aromatic carbocycles. The minimum absolute atomic E-state index is 0.223. The lowest BCUT2D eigenvalue weighted by molar-refractivity contribution is 0.102. The second-order valence-electron chi connectivity index (χ2n) is 10.7. The Labute approximate surface area is 253 Å². The van der Waals surface area contributed by atoms with E-state index in [0.717, 1.165) is 64.7 Å². The van der Waals surface area contributed by atoms with Crippen LogP contribution in [0.3, 0.4) is 0 Å². The Hall–Kier alpha value is -3.41. The highest BCUT2D eigenvalue weighted by molar-refractivity contribution is 7.89. The number of benzene rings is 3. The lowest BCUT2D eigenvalue weighted by Crippen LogP contribution is -2.29. The third kappa shape index (κ3) is 5.29. The summed E-state index contributed by atoms with van der Waals surface area (Å²) in [6.45, 7) is 3.71. The smallest absolute Gasteiger partial charge is 0.256 e. The number of carbonyl (C=O) groups excluding carboxylic acids is 1. The van der Waals surface area contributed by atoms with Crippen molar-refractivity contribution in [2.24, 2.45) is 0 Å². The normalized spacial score (nSPS) is 16.1. The number of thiophene rings is 1. The summed E-state index contributed by atoms with van der Waals surface area (Å²) in [7, 11) is -3.53. The number of aromatic nitrogens is 1. The largest absolute Gasteiger partial charge is 0.313 e. The number of para-hydroxylation sites is 1. The van der Waals surface area contributed by atoms with Crippen molar-refractivity contribution in [3.63, 3.8) is 0 Å². The number of nitrogens with one attached hydrogen (secondary N) is 1. The number of anilines is 1. The fourth-order valence-electron chi connectivity index (χ4n) is 5.76. The Morgan fingerprint density at radius 1 is 0.881 bits per heavy atom. The van der Waals surface area contributed by atoms with Crippen LogP contribution >= 0.6 is 22.7 Å². The van der Waals surface area contributed by atoms with E-state index in [1.54, 1.807) is 34.8 Å². The molecule has 10 heteroatoms. The summed E-state index contributed by atoms with van der Waals surface area (Å²) in [6.07, 6.45) is 2.64. The Morgan fingerprint density at radius 3 is 2.38 bits per heavy atom. The van der Waals surface area contributed by atoms with Crippen LogP contribution in [-0.4, -0.2) is 48.1 Å². The number of nitrogens with zero attached hydrogens (tertiary/aromatic N) is 3. The molecule has 1 saturated heterocycles. The maximum Gasteiger partial charge on any atom is 0.256 e. The first kappa shape index (κ1) is 27.4. The van der Waals surface area contributed by atoms with E-state index in [1.165, 1.54) is 32.4 Å². The number of fused-ring (bicyclic) bond motifs is 2. The standard InChI is InChI=1S/C32H30N4O3S3/c37-30(23-12-14-24(15-13-23)42(38,39)36-17-6-7-18-36)34-32-29(31-33-26-10-4-5-11-27(26)40-31)25-16-19-35(21-28(25)41-32)20-22-8-2-1-3-9-22/h1-5,8-15H,6-7,16-21H2,(H,34,37). The summed E-state index contributed by atoms with van der Waals surface area (Å²) in [4.78, 5) is 22.4. The number of hydrogen-bond acceptors (Lipinski definition) is 7. The van der Waals surface area contributed by atoms with Crippen molar-refractivity contribution in [2.75, 3.05) is 25.0 Å². The maximum absolute atomic E-state index is 13.5. The molecule has 0 bridgehead atoms. The molecule has 2 aliphatic heterocycles. The molecule has 0 saturated carbocycles. The number of sulfonamides is 1. The minimum Gasteiger partial charge on any atom is -0.313 e. The molecular weight excluding hydrogens is 585 g/mol. The van der Waals surface area contributed by atoms with Crippen molar-refractivity contribution < 1.29 is 13.2 Å². The van der Waals surface area contributed by atoms with Crippen molar-refractivity contribution in [2.45, 2.75) is 37.2 Å². The van der Waals surface area contributed by atoms with E-state index in [0.29, 0.717) is 18.7 Å². The van der Waals surface area contributed by atoms with Crippen LogP contribution in [0.2, 0.25) is 0 Å². The molecule has 1 N–H and O–H groups in total. The summed E-state index contributed by atoms with van der Waals surface area (Å²) < 4.78 is 28.5. The molecule has 4 heterocycles. The molecule has 5 aromatic rings. The van der Waals surface area contributed by atoms with Gasteiger partial charge in [0.2, 0.25) is 10.0 Å². The van der Waals surface area contributed by atoms with E-state index < -0.39 is 10.0 Å². The van der Waals surface area contributed by atoms with Crippen molar-refractivity contribution in [1.29, 1.82) is 0 Å². The van der Waals surface area contributed by atoms with Gasteiger partial charge in [0.1, 0.15) is 10.0 Å². The first-order chi connectivity index (χ1) is 20.5. The van der Waals surface area contributed by atoms with Gasteiger partial charge in [-0.3, -0.25) is 9.69 Å². The molecule has 7 rings (SSSR count). The summed E-state index contributed by atoms with van der Waals surface area (Å²) in [5, 5.41) is 4.87. The SMILES string of the molecule is O=C(Nc1sc2c(c1-c1nc3ccccc3s1)CCN(Cc1ccccc1)C2)c1ccc(S(=O)(=O)N2CCCC2)cc1. The van der Waals surface area contributed by atoms with E-state index in [-0.39, 0.29) is 10.8 Å². The van der Waals surface area contributed by atoms with Gasteiger partial charge >= 0.3 is 0 Å². The molecule has 0 aliphatic carbocycles. The van der Waals surface area contributed by atoms with Crippen molar-refractivity contribution in [1.82, 2.24) is 14.2 Å². The number of amides is 1. The molecule has 7 nitrogen and oxygen atoms in total. The first-order valence-electron chi connectivity index (χ1n) is 14.1. The molecule has 0 atom stereocenters. The van der Waals surface area contributed by atoms with Gasteiger partial charge in [-0.05, 0) is 66.8 Å². The molecule has 1 fully saturated rings. The fraction of sp³-hybridized carbons (Fsp3) is 0.250. The highest BCUT2D eigenvalue weighted by Gasteiger charge is 2.29. The zero-order chi connectivity index (χ0) is 28.7. The molecule has 2 aliphatic rings. The van der Waals surface area contributed by atoms with Gasteiger partial charge in [-0.15, -0.1) is 22.7 Å². The van der Waals surface area contributed by atoms with Crippen LogP contribution in [0.1, 0.15) is 39.2 Å². The highest BCUT2D eigenvalue weighted by atomic mass is 32.2. The van der Waals surface area contributed by atoms with Crippen LogP contribution < -0.4 is 5.32 Å². The fourth-order valence-corrected chi connectivity index (χ4v) is 9.67. The van der Waals surface area contributed by atoms with Crippen LogP contribution in [0.5, 0.6) is 0 Å². The van der Waals surface area contributed by atoms with Gasteiger partial charge < -0.3 is 5.32 Å². The van der Waals surface area contributed by atoms with Crippen molar-refractivity contribution in [3.8, 4) is 10.6 Å². The maximum atomic E-state index is 13.5. The Kier molecular flexibility index (Phi) is 7.41. The molecule has 0 spiro atoms. The van der Waals surface area contributed by atoms with Crippen LogP contribution in [0.15, 0.2) is 83.8 Å². The third-order valence-electron chi connectivity index (χ3n) is 7.94. The number of rotatable bonds is 7. The monoisotopic (exact) mass is 614 g/mol. The van der Waals surface area contributed by atoms with Crippen LogP contribution in [0.4, 0.5) is 5.00 Å². The van der Waals surface area contributed by atoms with Gasteiger partial charge in [0, 0.05) is 48.7 Å². The molecule has 2 aromatic heterocycles. The zero-order valence-corrected chi connectivity index (χ0v) is 25.4. The van der Waals surface area contributed by atoms with E-state index in [2.05, 4.69) is 40.5 Å². The van der Waals surface area contributed by atoms with Gasteiger partial charge in [-0.1, -0.05) is 42.5 Å². The molecular formula is C32H30N4O3S3. The van der Waals surface area contributed by atoms with E-state index in [1.807, 2.05) is 24.3 Å². The Balaban J connectivity index is 1.19. The highest BCUT2D eigenvalue weighted by Crippen LogP contribution is 2.46. The number of thiazole rings is 1. The van der Waals surface area contributed by atoms with E-state index >= 15 is 0 Å². The van der Waals surface area contributed by atoms with Gasteiger partial charge in [-0.2, -0.15) is 4.31 Å². The minimum atomic E-state index is -3.53. The van der Waals surface area contributed by atoms with Crippen molar-refractivity contribution >= 4 is 53.8 Å². The lowest BCUT2D eigenvalue weighted by Gasteiger charge is -2.27. The second-order valence-corrected chi connectivity index (χ2v) is 14.8. The van der Waals surface area contributed by atoms with E-state index in [4.69, 9.17) is 4.98 Å². The topological polar surface area (TPSA) is 82.6 Å². The number of carbonyl (C=O) groups is 1. The van der Waals surface area contributed by atoms with Crippen LogP contribution in [-0.2, 0) is 29.5 Å². The molecule has 1 amide bonds. The van der Waals surface area contributed by atoms with Crippen molar-refractivity contribution in [3.05, 3.63) is 100 Å². The third-order valence-corrected chi connectivity index (χ3v) is 12.0. The average molecular weight is 615 g/mol. The summed E-state index contributed by atoms with van der Waals surface area (Å²) in [5.41, 5.74) is 4.92. The molecule has 0 radical (unpaired) electrons. The zero-order valence-electron chi connectivity index (χ0n) is 23.0. The summed E-state index contributed by atoms with van der Waals surface area (Å²) in [6, 6.07) is 24.9. The summed E-state index contributed by atoms with van der Waals surface area (Å²) >= 11 is 3.26. The van der Waals surface area contributed by atoms with Crippen LogP contribution in [0, 0.1) is 0 Å². The predicted molar refractivity (Wildman–Crippen MR) is 170 cm³/mol. The molecule has 0 unspecified atom stereocenters. The Morgan fingerprint density at radius 2 is 1.62 bits per heavy atom. The summed E-state index contributed by atoms with van der Waals surface area (Å²) in [5.74, 6) is -0.262. The van der Waals surface area contributed by atoms with Gasteiger partial charge in [0.25, 0.3) is 5.91 Å². The van der Waals surface area contributed by atoms with Gasteiger partial charge in [0.15, 0.2) is 0 Å². The van der Waals surface area contributed by atoms with Crippen LogP contribution in [0.25, 0.3) is 20.8 Å². The van der Waals surface area contributed by atoms with E-state index in [9.17, 15) is 13.2 Å². The number of hydrogen-bond donors (Lipinski definition) is 1. The van der Waals surface area contributed by atoms with Gasteiger partial charge in [-0.25, -0.2) is 13.4 Å². The second kappa shape index (κ2) is 11.3. The Bertz CT molecular complexity index is 1830. The first-order valence-corrected chi connectivity index (χ1v) is 17.2. The van der Waals surface area contributed by atoms with Gasteiger partial charge in [0.05, 0.1) is 15.1 Å². The quantitative estimate of drug-likeness (QED) is 0.223. The molecule has 214 valence electrons.